The zero-order valence-corrected chi connectivity index (χ0v) is 8.43. The second-order valence-corrected chi connectivity index (χ2v) is 3.33. The maximum absolute atomic E-state index is 11.6. The van der Waals surface area contributed by atoms with E-state index in [1.165, 1.54) is 0 Å². The van der Waals surface area contributed by atoms with Crippen molar-refractivity contribution in [3.05, 3.63) is 34.3 Å². The number of rotatable bonds is 4. The van der Waals surface area contributed by atoms with E-state index in [0.29, 0.717) is 6.42 Å². The van der Waals surface area contributed by atoms with Gasteiger partial charge in [-0.25, -0.2) is 0 Å². The number of hydrogen-bond donors (Lipinski definition) is 0. The summed E-state index contributed by atoms with van der Waals surface area (Å²) >= 11 is 3.32. The molecule has 1 aromatic rings. The molecule has 13 heavy (non-hydrogen) atoms. The predicted octanol–water partition coefficient (Wildman–Crippen LogP) is 3.23. The molecule has 72 valence electrons. The van der Waals surface area contributed by atoms with Crippen LogP contribution in [0, 0.1) is 0 Å². The van der Waals surface area contributed by atoms with Crippen LogP contribution in [-0.4, -0.2) is 13.2 Å². The summed E-state index contributed by atoms with van der Waals surface area (Å²) in [7, 11) is 0. The molecule has 0 bridgehead atoms. The molecule has 1 nitrogen and oxygen atoms in total. The van der Waals surface area contributed by atoms with Crippen LogP contribution in [0.1, 0.15) is 5.56 Å². The summed E-state index contributed by atoms with van der Waals surface area (Å²) in [5.41, 5.74) is 0.975. The maximum Gasteiger partial charge on any atom is 0.345 e. The lowest BCUT2D eigenvalue weighted by atomic mass is 10.2. The summed E-state index contributed by atoms with van der Waals surface area (Å²) in [4.78, 5) is 0. The van der Waals surface area contributed by atoms with Gasteiger partial charge in [0.05, 0.1) is 6.61 Å². The molecule has 0 aromatic heterocycles. The lowest BCUT2D eigenvalue weighted by Crippen LogP contribution is -2.03. The molecule has 0 saturated carbocycles. The highest BCUT2D eigenvalue weighted by Crippen LogP contribution is 2.16. The number of hydrogen-bond acceptors (Lipinski definition) is 1. The molecule has 0 heterocycles. The third-order valence-corrected chi connectivity index (χ3v) is 2.35. The Morgan fingerprint density at radius 2 is 2.00 bits per heavy atom. The fraction of sp³-hybridized carbons (Fsp3) is 0.333. The molecule has 0 saturated heterocycles. The van der Waals surface area contributed by atoms with E-state index in [4.69, 9.17) is 0 Å². The number of halogens is 3. The van der Waals surface area contributed by atoms with E-state index in [1.807, 2.05) is 24.3 Å². The fourth-order valence-electron chi connectivity index (χ4n) is 0.959. The predicted molar refractivity (Wildman–Crippen MR) is 49.8 cm³/mol. The van der Waals surface area contributed by atoms with Gasteiger partial charge in [-0.2, -0.15) is 8.78 Å². The number of ether oxygens (including phenoxy) is 1. The highest BCUT2D eigenvalue weighted by Gasteiger charge is 2.02. The van der Waals surface area contributed by atoms with E-state index in [-0.39, 0.29) is 6.61 Å². The van der Waals surface area contributed by atoms with Crippen molar-refractivity contribution >= 4 is 15.9 Å². The molecule has 0 fully saturated rings. The second-order valence-electron chi connectivity index (χ2n) is 2.47. The Kier molecular flexibility index (Phi) is 4.32. The molecule has 0 aliphatic carbocycles. The molecule has 0 spiro atoms. The average Bonchev–Trinajstić information content (AvgIpc) is 2.08. The molecule has 0 aliphatic heterocycles. The van der Waals surface area contributed by atoms with Gasteiger partial charge >= 0.3 is 6.61 Å². The standard InChI is InChI=1S/C9H9BrF2O/c10-8-4-2-1-3-7(8)5-6-13-9(11)12/h1-4,9H,5-6H2. The Morgan fingerprint density at radius 1 is 1.31 bits per heavy atom. The van der Waals surface area contributed by atoms with Crippen LogP contribution in [0.5, 0.6) is 0 Å². The summed E-state index contributed by atoms with van der Waals surface area (Å²) in [5, 5.41) is 0. The quantitative estimate of drug-likeness (QED) is 0.798. The number of alkyl halides is 2. The Bertz CT molecular complexity index is 266. The summed E-state index contributed by atoms with van der Waals surface area (Å²) in [6.45, 7) is -2.64. The first-order valence-electron chi connectivity index (χ1n) is 3.83. The van der Waals surface area contributed by atoms with Crippen LogP contribution in [0.15, 0.2) is 28.7 Å². The van der Waals surface area contributed by atoms with Crippen LogP contribution >= 0.6 is 15.9 Å². The first kappa shape index (κ1) is 10.6. The molecule has 0 radical (unpaired) electrons. The minimum Gasteiger partial charge on any atom is -0.323 e. The molecule has 0 aliphatic rings. The van der Waals surface area contributed by atoms with Gasteiger partial charge in [0, 0.05) is 4.47 Å². The Morgan fingerprint density at radius 3 is 2.62 bits per heavy atom. The largest absolute Gasteiger partial charge is 0.345 e. The first-order valence-corrected chi connectivity index (χ1v) is 4.62. The van der Waals surface area contributed by atoms with Gasteiger partial charge in [-0.1, -0.05) is 34.1 Å². The molecular weight excluding hydrogens is 242 g/mol. The molecule has 0 atom stereocenters. The molecule has 0 amide bonds. The average molecular weight is 251 g/mol. The van der Waals surface area contributed by atoms with Crippen molar-refractivity contribution in [1.29, 1.82) is 0 Å². The minimum atomic E-state index is -2.68. The second kappa shape index (κ2) is 5.29. The van der Waals surface area contributed by atoms with Gasteiger partial charge in [0.2, 0.25) is 0 Å². The molecule has 4 heteroatoms. The van der Waals surface area contributed by atoms with Gasteiger partial charge in [0.25, 0.3) is 0 Å². The van der Waals surface area contributed by atoms with Crippen LogP contribution in [-0.2, 0) is 11.2 Å². The van der Waals surface area contributed by atoms with Gasteiger partial charge < -0.3 is 4.74 Å². The molecule has 1 rings (SSSR count). The zero-order chi connectivity index (χ0) is 9.68. The third-order valence-electron chi connectivity index (χ3n) is 1.57. The van der Waals surface area contributed by atoms with Crippen molar-refractivity contribution in [3.63, 3.8) is 0 Å². The zero-order valence-electron chi connectivity index (χ0n) is 6.84. The van der Waals surface area contributed by atoms with Crippen LogP contribution in [0.4, 0.5) is 8.78 Å². The van der Waals surface area contributed by atoms with Gasteiger partial charge in [0.15, 0.2) is 0 Å². The highest BCUT2D eigenvalue weighted by molar-refractivity contribution is 9.10. The first-order chi connectivity index (χ1) is 6.20. The normalized spacial score (nSPS) is 10.8. The van der Waals surface area contributed by atoms with Crippen molar-refractivity contribution in [3.8, 4) is 0 Å². The topological polar surface area (TPSA) is 9.23 Å². The molecule has 0 unspecified atom stereocenters. The van der Waals surface area contributed by atoms with E-state index in [0.717, 1.165) is 10.0 Å². The van der Waals surface area contributed by atoms with Crippen molar-refractivity contribution in [1.82, 2.24) is 0 Å². The van der Waals surface area contributed by atoms with Crippen molar-refractivity contribution in [2.75, 3.05) is 6.61 Å². The van der Waals surface area contributed by atoms with E-state index < -0.39 is 6.61 Å². The smallest absolute Gasteiger partial charge is 0.323 e. The van der Waals surface area contributed by atoms with E-state index in [2.05, 4.69) is 20.7 Å². The Hall–Kier alpha value is -0.480. The Balaban J connectivity index is 2.41. The van der Waals surface area contributed by atoms with E-state index in [9.17, 15) is 8.78 Å². The summed E-state index contributed by atoms with van der Waals surface area (Å²) in [5.74, 6) is 0. The lowest BCUT2D eigenvalue weighted by molar-refractivity contribution is -0.127. The summed E-state index contributed by atoms with van der Waals surface area (Å²) < 4.78 is 28.3. The SMILES string of the molecule is FC(F)OCCc1ccccc1Br. The third kappa shape index (κ3) is 3.83. The van der Waals surface area contributed by atoms with Crippen LogP contribution in [0.2, 0.25) is 0 Å². The van der Waals surface area contributed by atoms with Crippen LogP contribution in [0.3, 0.4) is 0 Å². The van der Waals surface area contributed by atoms with Crippen molar-refractivity contribution in [2.45, 2.75) is 13.0 Å². The van der Waals surface area contributed by atoms with E-state index >= 15 is 0 Å². The lowest BCUT2D eigenvalue weighted by Gasteiger charge is -2.04. The molecule has 0 N–H and O–H groups in total. The summed E-state index contributed by atoms with van der Waals surface area (Å²) in [6.07, 6.45) is 0.492. The van der Waals surface area contributed by atoms with Gasteiger partial charge in [-0.05, 0) is 18.1 Å². The Labute approximate surface area is 83.8 Å². The van der Waals surface area contributed by atoms with Crippen molar-refractivity contribution in [2.24, 2.45) is 0 Å². The highest BCUT2D eigenvalue weighted by atomic mass is 79.9. The maximum atomic E-state index is 11.6. The van der Waals surface area contributed by atoms with Crippen LogP contribution in [0.25, 0.3) is 0 Å². The number of benzene rings is 1. The van der Waals surface area contributed by atoms with Gasteiger partial charge in [0.1, 0.15) is 0 Å². The van der Waals surface area contributed by atoms with Gasteiger partial charge in [-0.15, -0.1) is 0 Å². The summed E-state index contributed by atoms with van der Waals surface area (Å²) in [6, 6.07) is 7.49. The minimum absolute atomic E-state index is 0.0419. The van der Waals surface area contributed by atoms with Gasteiger partial charge in [-0.3, -0.25) is 0 Å². The van der Waals surface area contributed by atoms with Crippen LogP contribution < -0.4 is 0 Å². The van der Waals surface area contributed by atoms with Crippen molar-refractivity contribution < 1.29 is 13.5 Å². The molecular formula is C9H9BrF2O. The molecule has 1 aromatic carbocycles. The fourth-order valence-corrected chi connectivity index (χ4v) is 1.44. The monoisotopic (exact) mass is 250 g/mol. The van der Waals surface area contributed by atoms with E-state index in [1.54, 1.807) is 0 Å².